The van der Waals surface area contributed by atoms with E-state index < -0.39 is 36.9 Å². The van der Waals surface area contributed by atoms with E-state index in [9.17, 15) is 24.3 Å². The van der Waals surface area contributed by atoms with E-state index in [1.807, 2.05) is 0 Å². The highest BCUT2D eigenvalue weighted by atomic mass is 16.5. The molecule has 0 aliphatic heterocycles. The van der Waals surface area contributed by atoms with Crippen molar-refractivity contribution >= 4 is 23.8 Å². The molecule has 2 N–H and O–H groups in total. The molecular formula is C36H57NO7. The summed E-state index contributed by atoms with van der Waals surface area (Å²) in [6.07, 6.45) is 14.9. The van der Waals surface area contributed by atoms with E-state index in [0.717, 1.165) is 53.8 Å². The zero-order valence-electron chi connectivity index (χ0n) is 27.8. The molecule has 8 atom stereocenters. The molecule has 0 bridgehead atoms. The number of hydrogen-bond acceptors (Lipinski definition) is 5. The number of allylic oxidation sites excluding steroid dienone is 1. The number of esters is 1. The molecule has 0 radical (unpaired) electrons. The van der Waals surface area contributed by atoms with Gasteiger partial charge in [-0.25, -0.2) is 0 Å². The average Bonchev–Trinajstić information content (AvgIpc) is 3.29. The van der Waals surface area contributed by atoms with Crippen LogP contribution in [0.2, 0.25) is 0 Å². The third-order valence-electron chi connectivity index (χ3n) is 12.3. The number of amides is 1. The van der Waals surface area contributed by atoms with Gasteiger partial charge >= 0.3 is 17.9 Å². The average molecular weight is 616 g/mol. The van der Waals surface area contributed by atoms with Gasteiger partial charge in [-0.15, -0.1) is 0 Å². The number of carboxylic acid groups (broad SMARTS) is 2. The number of nitrogens with zero attached hydrogens (tertiary/aromatic N) is 1. The quantitative estimate of drug-likeness (QED) is 0.158. The summed E-state index contributed by atoms with van der Waals surface area (Å²) in [5, 5.41) is 18.1. The molecule has 1 unspecified atom stereocenters. The van der Waals surface area contributed by atoms with Gasteiger partial charge < -0.3 is 19.8 Å². The summed E-state index contributed by atoms with van der Waals surface area (Å²) in [7, 11) is 0. The maximum atomic E-state index is 12.9. The second-order valence-corrected chi connectivity index (χ2v) is 15.5. The van der Waals surface area contributed by atoms with Crippen molar-refractivity contribution in [3.8, 4) is 0 Å². The van der Waals surface area contributed by atoms with Crippen LogP contribution in [0.15, 0.2) is 11.6 Å². The van der Waals surface area contributed by atoms with Crippen molar-refractivity contribution in [3.63, 3.8) is 0 Å². The van der Waals surface area contributed by atoms with Crippen molar-refractivity contribution in [1.29, 1.82) is 0 Å². The van der Waals surface area contributed by atoms with Gasteiger partial charge in [0.1, 0.15) is 19.2 Å². The van der Waals surface area contributed by atoms with Gasteiger partial charge in [0, 0.05) is 19.3 Å². The molecule has 0 aromatic carbocycles. The number of carbonyl (C=O) groups is 4. The lowest BCUT2D eigenvalue weighted by Crippen LogP contribution is -2.51. The van der Waals surface area contributed by atoms with Crippen LogP contribution in [0.5, 0.6) is 0 Å². The third-order valence-corrected chi connectivity index (χ3v) is 12.3. The molecule has 4 rings (SSSR count). The molecule has 1 amide bonds. The smallest absolute Gasteiger partial charge is 0.325 e. The predicted octanol–water partition coefficient (Wildman–Crippen LogP) is 7.11. The Bertz CT molecular complexity index is 1100. The van der Waals surface area contributed by atoms with Crippen LogP contribution in [-0.4, -0.2) is 58.1 Å². The zero-order chi connectivity index (χ0) is 32.2. The minimum atomic E-state index is -1.22. The molecule has 0 heterocycles. The minimum absolute atomic E-state index is 0.0921. The molecule has 8 nitrogen and oxygen atoms in total. The largest absolute Gasteiger partial charge is 0.481 e. The summed E-state index contributed by atoms with van der Waals surface area (Å²) in [5.41, 5.74) is 1.98. The van der Waals surface area contributed by atoms with E-state index in [1.54, 1.807) is 0 Å². The topological polar surface area (TPSA) is 121 Å². The standard InChI is InChI=1S/C36H57NO7/c1-23(2)8-6-9-24(3)28-14-15-29-27-13-12-25-20-26(16-18-35(25,4)30(27)17-19-36(28,29)5)44-34(43)22-37(21-33(41)42)31(38)10-7-11-32(39)40/h12,23-24,26-30H,6-11,13-22H2,1-5H3,(H,39,40)(H,41,42)/t24-,26+,27+,28?,29+,30+,35+,36-/m1/s1. The molecule has 4 aliphatic carbocycles. The maximum absolute atomic E-state index is 12.9. The Morgan fingerprint density at radius 3 is 2.34 bits per heavy atom. The lowest BCUT2D eigenvalue weighted by atomic mass is 9.47. The lowest BCUT2D eigenvalue weighted by molar-refractivity contribution is -0.157. The third kappa shape index (κ3) is 7.70. The normalized spacial score (nSPS) is 33.4. The summed E-state index contributed by atoms with van der Waals surface area (Å²) < 4.78 is 5.84. The maximum Gasteiger partial charge on any atom is 0.325 e. The van der Waals surface area contributed by atoms with Gasteiger partial charge in [-0.1, -0.05) is 65.5 Å². The second kappa shape index (κ2) is 14.4. The first-order valence-electron chi connectivity index (χ1n) is 17.3. The van der Waals surface area contributed by atoms with Crippen molar-refractivity contribution in [3.05, 3.63) is 11.6 Å². The first kappa shape index (κ1) is 34.5. The molecule has 0 aromatic heterocycles. The van der Waals surface area contributed by atoms with Gasteiger partial charge in [0.2, 0.25) is 5.91 Å². The van der Waals surface area contributed by atoms with Crippen LogP contribution in [0, 0.1) is 46.3 Å². The van der Waals surface area contributed by atoms with E-state index in [-0.39, 0.29) is 30.8 Å². The molecule has 248 valence electrons. The molecular weight excluding hydrogens is 558 g/mol. The first-order chi connectivity index (χ1) is 20.7. The number of ether oxygens (including phenoxy) is 1. The summed E-state index contributed by atoms with van der Waals surface area (Å²) in [4.78, 5) is 48.5. The van der Waals surface area contributed by atoms with E-state index in [0.29, 0.717) is 17.8 Å². The molecule has 3 fully saturated rings. The van der Waals surface area contributed by atoms with Crippen LogP contribution in [-0.2, 0) is 23.9 Å². The minimum Gasteiger partial charge on any atom is -0.481 e. The molecule has 0 spiro atoms. The van der Waals surface area contributed by atoms with E-state index >= 15 is 0 Å². The molecule has 0 saturated heterocycles. The van der Waals surface area contributed by atoms with Crippen molar-refractivity contribution < 1.29 is 34.1 Å². The van der Waals surface area contributed by atoms with Crippen LogP contribution in [0.1, 0.15) is 125 Å². The number of rotatable bonds is 14. The van der Waals surface area contributed by atoms with Crippen LogP contribution in [0.4, 0.5) is 0 Å². The van der Waals surface area contributed by atoms with Gasteiger partial charge in [0.05, 0.1) is 0 Å². The van der Waals surface area contributed by atoms with Gasteiger partial charge in [-0.05, 0) is 97.7 Å². The summed E-state index contributed by atoms with van der Waals surface area (Å²) in [5.74, 6) is 1.19. The molecule has 4 aliphatic rings. The zero-order valence-corrected chi connectivity index (χ0v) is 27.8. The van der Waals surface area contributed by atoms with Gasteiger partial charge in [-0.2, -0.15) is 0 Å². The molecule has 3 saturated carbocycles. The molecule has 0 aromatic rings. The summed E-state index contributed by atoms with van der Waals surface area (Å²) in [6, 6.07) is 0. The fourth-order valence-electron chi connectivity index (χ4n) is 10.1. The fourth-order valence-corrected chi connectivity index (χ4v) is 10.1. The van der Waals surface area contributed by atoms with Crippen molar-refractivity contribution in [2.24, 2.45) is 46.3 Å². The Morgan fingerprint density at radius 2 is 1.66 bits per heavy atom. The van der Waals surface area contributed by atoms with Crippen LogP contribution in [0.25, 0.3) is 0 Å². The van der Waals surface area contributed by atoms with Gasteiger partial charge in [0.25, 0.3) is 0 Å². The number of hydrogen-bond donors (Lipinski definition) is 2. The molecule has 8 heteroatoms. The fraction of sp³-hybridized carbons (Fsp3) is 0.833. The van der Waals surface area contributed by atoms with Crippen molar-refractivity contribution in [1.82, 2.24) is 4.90 Å². The van der Waals surface area contributed by atoms with E-state index in [1.165, 1.54) is 50.5 Å². The Morgan fingerprint density at radius 1 is 0.909 bits per heavy atom. The second-order valence-electron chi connectivity index (χ2n) is 15.5. The summed E-state index contributed by atoms with van der Waals surface area (Å²) >= 11 is 0. The molecule has 44 heavy (non-hydrogen) atoms. The SMILES string of the molecule is CC(C)CCC[C@@H](C)C1CC[C@H]2[C@@H]3CC=C4C[C@@H](OC(=O)CN(CC(=O)O)C(=O)CCCC(=O)O)CC[C@]4(C)[C@H]3CC[C@]12C. The van der Waals surface area contributed by atoms with Crippen molar-refractivity contribution in [2.75, 3.05) is 13.1 Å². The number of aliphatic carboxylic acids is 2. The van der Waals surface area contributed by atoms with E-state index in [4.69, 9.17) is 9.84 Å². The van der Waals surface area contributed by atoms with E-state index in [2.05, 4.69) is 40.7 Å². The summed E-state index contributed by atoms with van der Waals surface area (Å²) in [6.45, 7) is 11.2. The Balaban J connectivity index is 1.35. The number of carboxylic acids is 2. The van der Waals surface area contributed by atoms with Gasteiger partial charge in [-0.3, -0.25) is 19.2 Å². The van der Waals surface area contributed by atoms with Crippen LogP contribution >= 0.6 is 0 Å². The highest BCUT2D eigenvalue weighted by Gasteiger charge is 2.59. The Kier molecular flexibility index (Phi) is 11.3. The Labute approximate surface area is 264 Å². The highest BCUT2D eigenvalue weighted by molar-refractivity contribution is 5.85. The first-order valence-corrected chi connectivity index (χ1v) is 17.3. The van der Waals surface area contributed by atoms with Crippen LogP contribution < -0.4 is 0 Å². The van der Waals surface area contributed by atoms with Crippen LogP contribution in [0.3, 0.4) is 0 Å². The number of fused-ring (bicyclic) bond motifs is 5. The van der Waals surface area contributed by atoms with Crippen molar-refractivity contribution in [2.45, 2.75) is 131 Å². The highest BCUT2D eigenvalue weighted by Crippen LogP contribution is 2.67. The monoisotopic (exact) mass is 615 g/mol. The predicted molar refractivity (Wildman–Crippen MR) is 169 cm³/mol. The lowest BCUT2D eigenvalue weighted by Gasteiger charge is -2.58. The van der Waals surface area contributed by atoms with Gasteiger partial charge in [0.15, 0.2) is 0 Å². The Hall–Kier alpha value is -2.38. The number of carbonyl (C=O) groups excluding carboxylic acids is 2.